The molecule has 0 amide bonds. The predicted octanol–water partition coefficient (Wildman–Crippen LogP) is 4.59. The van der Waals surface area contributed by atoms with Crippen LogP contribution in [0.4, 0.5) is 5.69 Å². The lowest BCUT2D eigenvalue weighted by Gasteiger charge is -2.54. The van der Waals surface area contributed by atoms with Crippen molar-refractivity contribution in [1.82, 2.24) is 0 Å². The number of rotatable bonds is 3. The van der Waals surface area contributed by atoms with Crippen LogP contribution in [0.1, 0.15) is 32.1 Å². The van der Waals surface area contributed by atoms with E-state index in [1.165, 1.54) is 32.1 Å². The van der Waals surface area contributed by atoms with Crippen molar-refractivity contribution in [2.45, 2.75) is 38.1 Å². The van der Waals surface area contributed by atoms with Crippen LogP contribution >= 0.6 is 11.6 Å². The Balaban J connectivity index is 1.57. The summed E-state index contributed by atoms with van der Waals surface area (Å²) in [5, 5.41) is 4.56. The van der Waals surface area contributed by atoms with Crippen LogP contribution < -0.4 is 10.1 Å². The molecule has 1 aromatic carbocycles. The fourth-order valence-corrected chi connectivity index (χ4v) is 5.25. The molecule has 0 heterocycles. The van der Waals surface area contributed by atoms with Crippen LogP contribution in [-0.2, 0) is 0 Å². The zero-order valence-electron chi connectivity index (χ0n) is 11.9. The Labute approximate surface area is 125 Å². The normalized spacial score (nSPS) is 38.0. The van der Waals surface area contributed by atoms with Gasteiger partial charge < -0.3 is 10.1 Å². The number of ether oxygens (including phenoxy) is 1. The molecule has 5 rings (SSSR count). The van der Waals surface area contributed by atoms with E-state index >= 15 is 0 Å². The SMILES string of the molecule is COc1ccc(Cl)c(NC2C3CC4CC(C3)CC2C4)c1. The summed E-state index contributed by atoms with van der Waals surface area (Å²) in [4.78, 5) is 0. The van der Waals surface area contributed by atoms with Gasteiger partial charge in [-0.15, -0.1) is 0 Å². The lowest BCUT2D eigenvalue weighted by atomic mass is 9.54. The predicted molar refractivity (Wildman–Crippen MR) is 82.5 cm³/mol. The molecule has 4 aliphatic carbocycles. The van der Waals surface area contributed by atoms with Gasteiger partial charge in [0.15, 0.2) is 0 Å². The number of halogens is 1. The molecule has 0 spiro atoms. The molecular weight excluding hydrogens is 270 g/mol. The third-order valence-electron chi connectivity index (χ3n) is 5.72. The van der Waals surface area contributed by atoms with Gasteiger partial charge in [0.1, 0.15) is 5.75 Å². The Kier molecular flexibility index (Phi) is 3.10. The van der Waals surface area contributed by atoms with Crippen molar-refractivity contribution in [3.05, 3.63) is 23.2 Å². The van der Waals surface area contributed by atoms with Crippen molar-refractivity contribution in [3.63, 3.8) is 0 Å². The second-order valence-corrected chi connectivity index (χ2v) is 7.35. The van der Waals surface area contributed by atoms with E-state index in [-0.39, 0.29) is 0 Å². The molecule has 108 valence electrons. The minimum Gasteiger partial charge on any atom is -0.497 e. The summed E-state index contributed by atoms with van der Waals surface area (Å²) in [6, 6.07) is 6.50. The molecule has 2 nitrogen and oxygen atoms in total. The quantitative estimate of drug-likeness (QED) is 0.880. The second-order valence-electron chi connectivity index (χ2n) is 6.95. The van der Waals surface area contributed by atoms with Crippen molar-refractivity contribution < 1.29 is 4.74 Å². The van der Waals surface area contributed by atoms with E-state index in [4.69, 9.17) is 16.3 Å². The van der Waals surface area contributed by atoms with E-state index in [2.05, 4.69) is 5.32 Å². The van der Waals surface area contributed by atoms with E-state index in [0.29, 0.717) is 6.04 Å². The summed E-state index contributed by atoms with van der Waals surface area (Å²) in [7, 11) is 1.70. The Hall–Kier alpha value is -0.890. The van der Waals surface area contributed by atoms with Crippen LogP contribution in [0.3, 0.4) is 0 Å². The number of anilines is 1. The molecule has 4 bridgehead atoms. The topological polar surface area (TPSA) is 21.3 Å². The lowest BCUT2D eigenvalue weighted by Crippen LogP contribution is -2.51. The highest BCUT2D eigenvalue weighted by Gasteiger charge is 2.48. The van der Waals surface area contributed by atoms with E-state index in [1.54, 1.807) is 7.11 Å². The highest BCUT2D eigenvalue weighted by Crippen LogP contribution is 2.54. The molecule has 4 aliphatic rings. The molecule has 20 heavy (non-hydrogen) atoms. The van der Waals surface area contributed by atoms with Gasteiger partial charge in [0.25, 0.3) is 0 Å². The summed E-state index contributed by atoms with van der Waals surface area (Å²) >= 11 is 6.35. The first kappa shape index (κ1) is 12.8. The van der Waals surface area contributed by atoms with E-state index in [0.717, 1.165) is 40.1 Å². The maximum atomic E-state index is 6.35. The van der Waals surface area contributed by atoms with E-state index < -0.39 is 0 Å². The summed E-state index contributed by atoms with van der Waals surface area (Å²) in [6.07, 6.45) is 7.19. The number of methoxy groups -OCH3 is 1. The third kappa shape index (κ3) is 2.09. The van der Waals surface area contributed by atoms with Crippen molar-refractivity contribution in [3.8, 4) is 5.75 Å². The maximum absolute atomic E-state index is 6.35. The Morgan fingerprint density at radius 3 is 2.30 bits per heavy atom. The summed E-state index contributed by atoms with van der Waals surface area (Å²) < 4.78 is 5.32. The number of benzene rings is 1. The highest BCUT2D eigenvalue weighted by atomic mass is 35.5. The molecule has 0 aromatic heterocycles. The van der Waals surface area contributed by atoms with Gasteiger partial charge in [-0.2, -0.15) is 0 Å². The standard InChI is InChI=1S/C17H22ClNO/c1-20-14-2-3-15(18)16(9-14)19-17-12-5-10-4-11(7-12)8-13(17)6-10/h2-3,9-13,17,19H,4-8H2,1H3. The summed E-state index contributed by atoms with van der Waals surface area (Å²) in [5.41, 5.74) is 1.04. The van der Waals surface area contributed by atoms with E-state index in [1.807, 2.05) is 18.2 Å². The zero-order chi connectivity index (χ0) is 13.7. The van der Waals surface area contributed by atoms with Crippen molar-refractivity contribution in [2.75, 3.05) is 12.4 Å². The summed E-state index contributed by atoms with van der Waals surface area (Å²) in [6.45, 7) is 0. The Morgan fingerprint density at radius 2 is 1.70 bits per heavy atom. The third-order valence-corrected chi connectivity index (χ3v) is 6.05. The van der Waals surface area contributed by atoms with Crippen LogP contribution in [0.15, 0.2) is 18.2 Å². The molecule has 3 heteroatoms. The average molecular weight is 292 g/mol. The number of hydrogen-bond acceptors (Lipinski definition) is 2. The van der Waals surface area contributed by atoms with E-state index in [9.17, 15) is 0 Å². The molecule has 0 unspecified atom stereocenters. The van der Waals surface area contributed by atoms with Crippen molar-refractivity contribution >= 4 is 17.3 Å². The fourth-order valence-electron chi connectivity index (χ4n) is 5.08. The molecule has 0 aliphatic heterocycles. The molecule has 0 saturated heterocycles. The molecule has 1 N–H and O–H groups in total. The van der Waals surface area contributed by atoms with Gasteiger partial charge in [0.2, 0.25) is 0 Å². The molecule has 4 fully saturated rings. The summed E-state index contributed by atoms with van der Waals surface area (Å²) in [5.74, 6) is 4.61. The highest BCUT2D eigenvalue weighted by molar-refractivity contribution is 6.33. The Morgan fingerprint density at radius 1 is 1.05 bits per heavy atom. The largest absolute Gasteiger partial charge is 0.497 e. The van der Waals surface area contributed by atoms with Crippen LogP contribution in [0.25, 0.3) is 0 Å². The smallest absolute Gasteiger partial charge is 0.121 e. The first-order valence-electron chi connectivity index (χ1n) is 7.83. The average Bonchev–Trinajstić information content (AvgIpc) is 2.44. The maximum Gasteiger partial charge on any atom is 0.121 e. The van der Waals surface area contributed by atoms with Gasteiger partial charge in [0, 0.05) is 12.1 Å². The van der Waals surface area contributed by atoms with Gasteiger partial charge in [-0.25, -0.2) is 0 Å². The minimum absolute atomic E-state index is 0.618. The first-order valence-corrected chi connectivity index (χ1v) is 8.21. The molecular formula is C17H22ClNO. The van der Waals surface area contributed by atoms with Gasteiger partial charge in [-0.05, 0) is 67.9 Å². The minimum atomic E-state index is 0.618. The van der Waals surface area contributed by atoms with Gasteiger partial charge >= 0.3 is 0 Å². The van der Waals surface area contributed by atoms with Gasteiger partial charge in [-0.3, -0.25) is 0 Å². The van der Waals surface area contributed by atoms with Crippen molar-refractivity contribution in [1.29, 1.82) is 0 Å². The molecule has 1 aromatic rings. The first-order chi connectivity index (χ1) is 9.72. The Bertz CT molecular complexity index is 488. The lowest BCUT2D eigenvalue weighted by molar-refractivity contribution is 0.00754. The van der Waals surface area contributed by atoms with Crippen LogP contribution in [-0.4, -0.2) is 13.2 Å². The molecule has 0 radical (unpaired) electrons. The van der Waals surface area contributed by atoms with Crippen LogP contribution in [0.2, 0.25) is 5.02 Å². The van der Waals surface area contributed by atoms with Gasteiger partial charge in [-0.1, -0.05) is 11.6 Å². The molecule has 0 atom stereocenters. The number of nitrogens with one attached hydrogen (secondary N) is 1. The van der Waals surface area contributed by atoms with Gasteiger partial charge in [0.05, 0.1) is 17.8 Å². The monoisotopic (exact) mass is 291 g/mol. The fraction of sp³-hybridized carbons (Fsp3) is 0.647. The van der Waals surface area contributed by atoms with Crippen LogP contribution in [0.5, 0.6) is 5.75 Å². The number of hydrogen-bond donors (Lipinski definition) is 1. The van der Waals surface area contributed by atoms with Crippen LogP contribution in [0, 0.1) is 23.7 Å². The van der Waals surface area contributed by atoms with Crippen molar-refractivity contribution in [2.24, 2.45) is 23.7 Å². The molecule has 4 saturated carbocycles. The zero-order valence-corrected chi connectivity index (χ0v) is 12.7. The second kappa shape index (κ2) is 4.84.